The van der Waals surface area contributed by atoms with Crippen molar-refractivity contribution in [3.05, 3.63) is 17.8 Å². The van der Waals surface area contributed by atoms with Gasteiger partial charge >= 0.3 is 0 Å². The number of anilines is 2. The van der Waals surface area contributed by atoms with E-state index in [-0.39, 0.29) is 17.6 Å². The third-order valence-corrected chi connectivity index (χ3v) is 3.68. The third kappa shape index (κ3) is 1.73. The van der Waals surface area contributed by atoms with E-state index >= 15 is 0 Å². The number of aryl methyl sites for hydroxylation is 1. The Hall–Kier alpha value is -1.29. The number of nitrogens with one attached hydrogen (secondary N) is 1. The minimum atomic E-state index is -0.229. The summed E-state index contributed by atoms with van der Waals surface area (Å²) < 4.78 is 0. The number of aliphatic hydroxyl groups excluding tert-OH is 1. The first kappa shape index (κ1) is 11.2. The van der Waals surface area contributed by atoms with Crippen molar-refractivity contribution in [3.63, 3.8) is 0 Å². The Bertz CT molecular complexity index is 403. The molecule has 0 spiro atoms. The molecule has 0 aliphatic heterocycles. The highest BCUT2D eigenvalue weighted by atomic mass is 16.3. The molecule has 16 heavy (non-hydrogen) atoms. The minimum absolute atomic E-state index is 0.0959. The zero-order valence-corrected chi connectivity index (χ0v) is 9.99. The predicted octanol–water partition coefficient (Wildman–Crippen LogP) is 1.54. The molecule has 4 heteroatoms. The zero-order chi connectivity index (χ0) is 11.9. The molecule has 1 saturated carbocycles. The highest BCUT2D eigenvalue weighted by Crippen LogP contribution is 2.42. The van der Waals surface area contributed by atoms with Crippen molar-refractivity contribution in [1.29, 1.82) is 0 Å². The molecule has 0 amide bonds. The molecule has 88 valence electrons. The number of nitrogens with zero attached hydrogens (tertiary/aromatic N) is 1. The van der Waals surface area contributed by atoms with E-state index < -0.39 is 0 Å². The topological polar surface area (TPSA) is 71.2 Å². The Labute approximate surface area is 95.9 Å². The van der Waals surface area contributed by atoms with Gasteiger partial charge in [0.15, 0.2) is 0 Å². The SMILES string of the molecule is Cc1cnc(NC2CC(O)C2(C)C)cc1N. The first-order chi connectivity index (χ1) is 7.41. The molecule has 4 nitrogen and oxygen atoms in total. The summed E-state index contributed by atoms with van der Waals surface area (Å²) in [5, 5.41) is 13.0. The molecule has 0 radical (unpaired) electrons. The molecule has 1 heterocycles. The van der Waals surface area contributed by atoms with Gasteiger partial charge in [-0.05, 0) is 18.9 Å². The molecular weight excluding hydrogens is 202 g/mol. The van der Waals surface area contributed by atoms with Gasteiger partial charge in [0.25, 0.3) is 0 Å². The van der Waals surface area contributed by atoms with Crippen LogP contribution >= 0.6 is 0 Å². The first-order valence-corrected chi connectivity index (χ1v) is 5.58. The summed E-state index contributed by atoms with van der Waals surface area (Å²) in [5.74, 6) is 0.785. The van der Waals surface area contributed by atoms with Crippen molar-refractivity contribution < 1.29 is 5.11 Å². The number of nitrogens with two attached hydrogens (primary N) is 1. The van der Waals surface area contributed by atoms with E-state index in [0.29, 0.717) is 0 Å². The molecule has 1 fully saturated rings. The Kier molecular flexibility index (Phi) is 2.54. The van der Waals surface area contributed by atoms with Crippen LogP contribution in [-0.2, 0) is 0 Å². The molecule has 0 aromatic carbocycles. The average Bonchev–Trinajstić information content (AvgIpc) is 2.23. The van der Waals surface area contributed by atoms with Gasteiger partial charge in [-0.3, -0.25) is 0 Å². The van der Waals surface area contributed by atoms with Crippen LogP contribution in [0.4, 0.5) is 11.5 Å². The second-order valence-electron chi connectivity index (χ2n) is 5.20. The smallest absolute Gasteiger partial charge is 0.128 e. The van der Waals surface area contributed by atoms with Gasteiger partial charge in [-0.1, -0.05) is 13.8 Å². The summed E-state index contributed by atoms with van der Waals surface area (Å²) in [6.07, 6.45) is 2.30. The maximum absolute atomic E-state index is 9.64. The summed E-state index contributed by atoms with van der Waals surface area (Å²) in [6, 6.07) is 2.10. The highest BCUT2D eigenvalue weighted by molar-refractivity contribution is 5.54. The van der Waals surface area contributed by atoms with Gasteiger partial charge in [-0.25, -0.2) is 4.98 Å². The average molecular weight is 221 g/mol. The number of aliphatic hydroxyl groups is 1. The van der Waals surface area contributed by atoms with Crippen LogP contribution in [0, 0.1) is 12.3 Å². The molecule has 1 aromatic rings. The number of hydrogen-bond donors (Lipinski definition) is 3. The van der Waals surface area contributed by atoms with E-state index in [4.69, 9.17) is 5.73 Å². The van der Waals surface area contributed by atoms with Crippen molar-refractivity contribution in [2.24, 2.45) is 5.41 Å². The van der Waals surface area contributed by atoms with Crippen LogP contribution in [0.1, 0.15) is 25.8 Å². The van der Waals surface area contributed by atoms with Gasteiger partial charge < -0.3 is 16.2 Å². The number of aromatic nitrogens is 1. The fourth-order valence-corrected chi connectivity index (χ4v) is 1.94. The summed E-state index contributed by atoms with van der Waals surface area (Å²) in [5.41, 5.74) is 7.46. The van der Waals surface area contributed by atoms with E-state index in [2.05, 4.69) is 24.1 Å². The lowest BCUT2D eigenvalue weighted by Crippen LogP contribution is -2.57. The number of rotatable bonds is 2. The van der Waals surface area contributed by atoms with Crippen LogP contribution in [0.5, 0.6) is 0 Å². The number of hydrogen-bond acceptors (Lipinski definition) is 4. The summed E-state index contributed by atoms with van der Waals surface area (Å²) >= 11 is 0. The fraction of sp³-hybridized carbons (Fsp3) is 0.583. The van der Waals surface area contributed by atoms with Gasteiger partial charge in [-0.2, -0.15) is 0 Å². The minimum Gasteiger partial charge on any atom is -0.398 e. The predicted molar refractivity (Wildman–Crippen MR) is 65.2 cm³/mol. The lowest BCUT2D eigenvalue weighted by Gasteiger charge is -2.49. The Morgan fingerprint density at radius 1 is 1.56 bits per heavy atom. The fourth-order valence-electron chi connectivity index (χ4n) is 1.94. The van der Waals surface area contributed by atoms with E-state index in [1.165, 1.54) is 0 Å². The second-order valence-corrected chi connectivity index (χ2v) is 5.20. The van der Waals surface area contributed by atoms with E-state index in [1.54, 1.807) is 6.20 Å². The molecule has 1 aliphatic carbocycles. The molecule has 2 rings (SSSR count). The molecule has 2 atom stereocenters. The van der Waals surface area contributed by atoms with Gasteiger partial charge in [-0.15, -0.1) is 0 Å². The molecule has 2 unspecified atom stereocenters. The maximum atomic E-state index is 9.64. The van der Waals surface area contributed by atoms with Crippen molar-refractivity contribution in [2.45, 2.75) is 39.3 Å². The standard InChI is InChI=1S/C12H19N3O/c1-7-6-14-11(4-8(7)13)15-9-5-10(16)12(9,2)3/h4,6,9-10,16H,5H2,1-3H3,(H3,13,14,15). The van der Waals surface area contributed by atoms with E-state index in [0.717, 1.165) is 23.5 Å². The first-order valence-electron chi connectivity index (χ1n) is 5.58. The zero-order valence-electron chi connectivity index (χ0n) is 9.99. The normalized spacial score (nSPS) is 27.2. The van der Waals surface area contributed by atoms with Crippen LogP contribution in [-0.4, -0.2) is 22.2 Å². The maximum Gasteiger partial charge on any atom is 0.128 e. The monoisotopic (exact) mass is 221 g/mol. The largest absolute Gasteiger partial charge is 0.398 e. The van der Waals surface area contributed by atoms with Gasteiger partial charge in [0.1, 0.15) is 5.82 Å². The third-order valence-electron chi connectivity index (χ3n) is 3.68. The van der Waals surface area contributed by atoms with Crippen molar-refractivity contribution in [2.75, 3.05) is 11.1 Å². The Balaban J connectivity index is 2.08. The van der Waals surface area contributed by atoms with Crippen molar-refractivity contribution in [1.82, 2.24) is 4.98 Å². The summed E-state index contributed by atoms with van der Waals surface area (Å²) in [4.78, 5) is 4.28. The van der Waals surface area contributed by atoms with Gasteiger partial charge in [0.2, 0.25) is 0 Å². The van der Waals surface area contributed by atoms with Crippen molar-refractivity contribution in [3.8, 4) is 0 Å². The Morgan fingerprint density at radius 3 is 2.75 bits per heavy atom. The number of pyridine rings is 1. The highest BCUT2D eigenvalue weighted by Gasteiger charge is 2.47. The van der Waals surface area contributed by atoms with E-state index in [1.807, 2.05) is 13.0 Å². The van der Waals surface area contributed by atoms with E-state index in [9.17, 15) is 5.11 Å². The van der Waals surface area contributed by atoms with Crippen LogP contribution in [0.15, 0.2) is 12.3 Å². The Morgan fingerprint density at radius 2 is 2.25 bits per heavy atom. The quantitative estimate of drug-likeness (QED) is 0.708. The number of nitrogen functional groups attached to an aromatic ring is 1. The lowest BCUT2D eigenvalue weighted by atomic mass is 9.64. The molecule has 0 bridgehead atoms. The van der Waals surface area contributed by atoms with Crippen LogP contribution in [0.25, 0.3) is 0 Å². The molecule has 0 saturated heterocycles. The molecule has 1 aromatic heterocycles. The lowest BCUT2D eigenvalue weighted by molar-refractivity contribution is -0.0511. The van der Waals surface area contributed by atoms with Gasteiger partial charge in [0.05, 0.1) is 6.10 Å². The summed E-state index contributed by atoms with van der Waals surface area (Å²) in [6.45, 7) is 6.04. The molecular formula is C12H19N3O. The summed E-state index contributed by atoms with van der Waals surface area (Å²) in [7, 11) is 0. The van der Waals surface area contributed by atoms with Gasteiger partial charge in [0, 0.05) is 29.4 Å². The second kappa shape index (κ2) is 3.63. The van der Waals surface area contributed by atoms with Crippen LogP contribution in [0.3, 0.4) is 0 Å². The molecule has 4 N–H and O–H groups in total. The van der Waals surface area contributed by atoms with Crippen molar-refractivity contribution >= 4 is 11.5 Å². The van der Waals surface area contributed by atoms with Crippen LogP contribution < -0.4 is 11.1 Å². The molecule has 1 aliphatic rings. The van der Waals surface area contributed by atoms with Crippen LogP contribution in [0.2, 0.25) is 0 Å².